The quantitative estimate of drug-likeness (QED) is 0.584. The van der Waals surface area contributed by atoms with Crippen LogP contribution in [0, 0.1) is 5.41 Å². The summed E-state index contributed by atoms with van der Waals surface area (Å²) in [6, 6.07) is 4.93. The molecule has 6 rings (SSSR count). The number of rotatable bonds is 5. The smallest absolute Gasteiger partial charge is 0.418 e. The first-order valence-corrected chi connectivity index (χ1v) is 13.7. The van der Waals surface area contributed by atoms with E-state index in [1.165, 1.54) is 12.2 Å². The number of anilines is 1. The predicted octanol–water partition coefficient (Wildman–Crippen LogP) is 4.29. The molecule has 1 spiro atoms. The van der Waals surface area contributed by atoms with Gasteiger partial charge in [-0.2, -0.15) is 0 Å². The highest BCUT2D eigenvalue weighted by Gasteiger charge is 2.59. The van der Waals surface area contributed by atoms with E-state index in [2.05, 4.69) is 10.6 Å². The van der Waals surface area contributed by atoms with Crippen LogP contribution >= 0.6 is 0 Å². The third-order valence-electron chi connectivity index (χ3n) is 8.90. The molecule has 1 aromatic carbocycles. The fourth-order valence-electron chi connectivity index (χ4n) is 6.55. The molecule has 2 aliphatic heterocycles. The number of hydrogen-bond acceptors (Lipinski definition) is 5. The molecule has 5 amide bonds. The SMILES string of the molecule is C[C@H]1CC[C@@H](C2(C)C=CC(F)=CC2)N1C(=O)CN1C(=O)O[C@@]2(CCc3cc(NC(=O)NC4CC4)ccc32)C1=O. The van der Waals surface area contributed by atoms with E-state index in [1.807, 2.05) is 19.9 Å². The van der Waals surface area contributed by atoms with Gasteiger partial charge in [-0.3, -0.25) is 9.59 Å². The van der Waals surface area contributed by atoms with Gasteiger partial charge in [0.05, 0.1) is 0 Å². The highest BCUT2D eigenvalue weighted by atomic mass is 19.1. The van der Waals surface area contributed by atoms with Gasteiger partial charge in [-0.25, -0.2) is 18.9 Å². The summed E-state index contributed by atoms with van der Waals surface area (Å²) in [5.41, 5.74) is 0.113. The molecule has 0 aromatic heterocycles. The molecular formula is C29H33FN4O5. The number of hydrogen-bond donors (Lipinski definition) is 2. The van der Waals surface area contributed by atoms with Crippen LogP contribution in [-0.2, 0) is 26.3 Å². The molecule has 39 heavy (non-hydrogen) atoms. The molecule has 2 saturated heterocycles. The van der Waals surface area contributed by atoms with Gasteiger partial charge in [0, 0.05) is 41.2 Å². The van der Waals surface area contributed by atoms with E-state index in [0.717, 1.165) is 36.1 Å². The van der Waals surface area contributed by atoms with Crippen molar-refractivity contribution in [2.75, 3.05) is 11.9 Å². The number of amides is 5. The minimum atomic E-state index is -1.46. The number of nitrogens with zero attached hydrogens (tertiary/aromatic N) is 2. The molecule has 1 aromatic rings. The second kappa shape index (κ2) is 9.20. The van der Waals surface area contributed by atoms with E-state index in [9.17, 15) is 23.6 Å². The van der Waals surface area contributed by atoms with Crippen LogP contribution in [0.25, 0.3) is 0 Å². The number of allylic oxidation sites excluding steroid dienone is 3. The van der Waals surface area contributed by atoms with Gasteiger partial charge in [0.15, 0.2) is 0 Å². The number of carbonyl (C=O) groups is 4. The molecule has 1 unspecified atom stereocenters. The lowest BCUT2D eigenvalue weighted by Crippen LogP contribution is -2.52. The van der Waals surface area contributed by atoms with Gasteiger partial charge in [-0.15, -0.1) is 0 Å². The molecule has 10 heteroatoms. The molecule has 5 aliphatic rings. The normalized spacial score (nSPS) is 31.4. The maximum Gasteiger partial charge on any atom is 0.418 e. The molecule has 0 radical (unpaired) electrons. The van der Waals surface area contributed by atoms with Crippen LogP contribution in [0.4, 0.5) is 19.7 Å². The number of ether oxygens (including phenoxy) is 1. The van der Waals surface area contributed by atoms with Crippen LogP contribution < -0.4 is 10.6 Å². The lowest BCUT2D eigenvalue weighted by molar-refractivity contribution is -0.143. The minimum Gasteiger partial charge on any atom is -0.427 e. The Labute approximate surface area is 226 Å². The summed E-state index contributed by atoms with van der Waals surface area (Å²) in [5.74, 6) is -1.14. The lowest BCUT2D eigenvalue weighted by Gasteiger charge is -2.41. The average Bonchev–Trinajstić information content (AvgIpc) is 3.43. The van der Waals surface area contributed by atoms with Crippen molar-refractivity contribution in [2.45, 2.75) is 82.5 Å². The topological polar surface area (TPSA) is 108 Å². The maximum absolute atomic E-state index is 13.7. The summed E-state index contributed by atoms with van der Waals surface area (Å²) in [4.78, 5) is 55.1. The van der Waals surface area contributed by atoms with E-state index in [4.69, 9.17) is 4.74 Å². The predicted molar refractivity (Wildman–Crippen MR) is 140 cm³/mol. The van der Waals surface area contributed by atoms with Crippen molar-refractivity contribution >= 4 is 29.6 Å². The van der Waals surface area contributed by atoms with E-state index < -0.39 is 29.6 Å². The van der Waals surface area contributed by atoms with Crippen molar-refractivity contribution in [1.82, 2.24) is 15.1 Å². The molecule has 1 saturated carbocycles. The van der Waals surface area contributed by atoms with E-state index in [0.29, 0.717) is 24.1 Å². The molecule has 3 aliphatic carbocycles. The number of aryl methyl sites for hydroxylation is 1. The Morgan fingerprint density at radius 3 is 2.69 bits per heavy atom. The van der Waals surface area contributed by atoms with Crippen molar-refractivity contribution < 1.29 is 28.3 Å². The van der Waals surface area contributed by atoms with Crippen LogP contribution in [0.15, 0.2) is 42.3 Å². The van der Waals surface area contributed by atoms with Crippen LogP contribution in [0.3, 0.4) is 0 Å². The van der Waals surface area contributed by atoms with E-state index in [-0.39, 0.29) is 42.3 Å². The molecule has 4 atom stereocenters. The van der Waals surface area contributed by atoms with Crippen molar-refractivity contribution in [2.24, 2.45) is 5.41 Å². The zero-order chi connectivity index (χ0) is 27.5. The second-order valence-corrected chi connectivity index (χ2v) is 11.7. The van der Waals surface area contributed by atoms with Gasteiger partial charge >= 0.3 is 12.1 Å². The Balaban J connectivity index is 1.18. The zero-order valence-electron chi connectivity index (χ0n) is 22.2. The molecule has 2 heterocycles. The number of fused-ring (bicyclic) bond motifs is 2. The average molecular weight is 537 g/mol. The molecular weight excluding hydrogens is 503 g/mol. The van der Waals surface area contributed by atoms with Crippen molar-refractivity contribution in [3.05, 3.63) is 53.4 Å². The van der Waals surface area contributed by atoms with Gasteiger partial charge in [0.1, 0.15) is 12.4 Å². The van der Waals surface area contributed by atoms with Gasteiger partial charge < -0.3 is 20.3 Å². The van der Waals surface area contributed by atoms with E-state index >= 15 is 0 Å². The van der Waals surface area contributed by atoms with Crippen LogP contribution in [0.1, 0.15) is 63.5 Å². The van der Waals surface area contributed by atoms with Crippen LogP contribution in [0.2, 0.25) is 0 Å². The number of carbonyl (C=O) groups excluding carboxylic acids is 4. The van der Waals surface area contributed by atoms with E-state index in [1.54, 1.807) is 23.1 Å². The first-order valence-electron chi connectivity index (χ1n) is 13.7. The highest BCUT2D eigenvalue weighted by Crippen LogP contribution is 2.47. The number of imide groups is 1. The largest absolute Gasteiger partial charge is 0.427 e. The zero-order valence-corrected chi connectivity index (χ0v) is 22.2. The van der Waals surface area contributed by atoms with Crippen LogP contribution in [0.5, 0.6) is 0 Å². The first kappa shape index (κ1) is 25.6. The summed E-state index contributed by atoms with van der Waals surface area (Å²) in [5, 5.41) is 5.69. The minimum absolute atomic E-state index is 0.0681. The van der Waals surface area contributed by atoms with Gasteiger partial charge in [-0.1, -0.05) is 19.1 Å². The van der Waals surface area contributed by atoms with Crippen molar-refractivity contribution in [3.63, 3.8) is 0 Å². The maximum atomic E-state index is 13.7. The Hall–Kier alpha value is -3.69. The summed E-state index contributed by atoms with van der Waals surface area (Å²) < 4.78 is 19.4. The number of benzene rings is 1. The van der Waals surface area contributed by atoms with Gasteiger partial charge in [0.2, 0.25) is 11.5 Å². The Bertz CT molecular complexity index is 1320. The monoisotopic (exact) mass is 536 g/mol. The number of likely N-dealkylation sites (tertiary alicyclic amines) is 1. The number of nitrogens with one attached hydrogen (secondary N) is 2. The fraction of sp³-hybridized carbons (Fsp3) is 0.517. The second-order valence-electron chi connectivity index (χ2n) is 11.7. The lowest BCUT2D eigenvalue weighted by atomic mass is 9.75. The number of halogens is 1. The molecule has 3 fully saturated rings. The summed E-state index contributed by atoms with van der Waals surface area (Å²) in [7, 11) is 0. The fourth-order valence-corrected chi connectivity index (χ4v) is 6.55. The summed E-state index contributed by atoms with van der Waals surface area (Å²) in [6.45, 7) is 3.56. The van der Waals surface area contributed by atoms with Crippen molar-refractivity contribution in [1.29, 1.82) is 0 Å². The number of urea groups is 1. The van der Waals surface area contributed by atoms with Gasteiger partial charge in [-0.05, 0) is 75.3 Å². The third-order valence-corrected chi connectivity index (χ3v) is 8.90. The highest BCUT2D eigenvalue weighted by molar-refractivity contribution is 6.06. The Morgan fingerprint density at radius 2 is 1.97 bits per heavy atom. The summed E-state index contributed by atoms with van der Waals surface area (Å²) >= 11 is 0. The molecule has 9 nitrogen and oxygen atoms in total. The molecule has 206 valence electrons. The Morgan fingerprint density at radius 1 is 1.18 bits per heavy atom. The first-order chi connectivity index (χ1) is 18.6. The van der Waals surface area contributed by atoms with Gasteiger partial charge in [0.25, 0.3) is 5.91 Å². The van der Waals surface area contributed by atoms with Crippen molar-refractivity contribution in [3.8, 4) is 0 Å². The summed E-state index contributed by atoms with van der Waals surface area (Å²) in [6.07, 6.45) is 8.73. The Kier molecular flexibility index (Phi) is 6.04. The molecule has 2 N–H and O–H groups in total. The standard InChI is InChI=1S/C29H33FN4O5/c1-17-3-8-23(28(2)12-10-19(30)11-13-28)34(17)24(35)16-33-25(36)29(39-27(33)38)14-9-18-15-21(6-7-22(18)29)32-26(37)31-20-4-5-20/h6-7,10-12,15,17,20,23H,3-5,8-9,13-14,16H2,1-2H3,(H2,31,32,37)/t17-,23-,28?,29+/m0/s1. The molecule has 0 bridgehead atoms. The van der Waals surface area contributed by atoms with Crippen LogP contribution in [-0.4, -0.2) is 58.4 Å². The third kappa shape index (κ3) is 4.39.